The molecule has 1 N–H and O–H groups in total. The minimum absolute atomic E-state index is 0.125. The topological polar surface area (TPSA) is 121 Å². The number of piperidine rings is 1. The zero-order valence-corrected chi connectivity index (χ0v) is 21.0. The van der Waals surface area contributed by atoms with Crippen LogP contribution < -0.4 is 9.47 Å². The second-order valence-electron chi connectivity index (χ2n) is 10.0. The van der Waals surface area contributed by atoms with Gasteiger partial charge >= 0.3 is 17.9 Å². The minimum atomic E-state index is -1.25. The average molecular weight is 502 g/mol. The monoisotopic (exact) mass is 501 g/mol. The molecule has 4 aliphatic rings. The standard InChI is InChI=1S/C26H31NO9/c1-13(33-15(3)28)23(29)34-14(2)24(30)35-18-8-9-26(31)19-12-16-6-7-17(32-5)21-20(16)25(26,22(18)36-21)10-11-27(19)4/h6-8,13-14,19,22,31H,9-12H2,1-5H3. The summed E-state index contributed by atoms with van der Waals surface area (Å²) in [5.74, 6) is -0.881. The van der Waals surface area contributed by atoms with Crippen molar-refractivity contribution in [3.8, 4) is 11.5 Å². The second-order valence-corrected chi connectivity index (χ2v) is 10.0. The van der Waals surface area contributed by atoms with Crippen LogP contribution in [0.25, 0.3) is 0 Å². The molecule has 2 heterocycles. The fraction of sp³-hybridized carbons (Fsp3) is 0.577. The lowest BCUT2D eigenvalue weighted by molar-refractivity contribution is -0.179. The first-order valence-electron chi connectivity index (χ1n) is 12.1. The number of likely N-dealkylation sites (tertiary alicyclic amines) is 1. The Hall–Kier alpha value is -3.11. The van der Waals surface area contributed by atoms with Crippen molar-refractivity contribution >= 4 is 17.9 Å². The fourth-order valence-electron chi connectivity index (χ4n) is 6.40. The normalized spacial score (nSPS) is 31.2. The molecule has 1 aromatic rings. The predicted octanol–water partition coefficient (Wildman–Crippen LogP) is 1.40. The number of nitrogens with zero attached hydrogens (tertiary/aromatic N) is 1. The smallest absolute Gasteiger partial charge is 0.352 e. The van der Waals surface area contributed by atoms with Crippen LogP contribution in [0.1, 0.15) is 44.7 Å². The number of ether oxygens (including phenoxy) is 5. The molecule has 0 aromatic heterocycles. The van der Waals surface area contributed by atoms with E-state index >= 15 is 0 Å². The van der Waals surface area contributed by atoms with E-state index in [0.29, 0.717) is 24.3 Å². The number of carbonyl (C=O) groups excluding carboxylic acids is 3. The average Bonchev–Trinajstić information content (AvgIpc) is 3.18. The Kier molecular flexibility index (Phi) is 5.79. The Bertz CT molecular complexity index is 1160. The first kappa shape index (κ1) is 24.6. The third-order valence-corrected chi connectivity index (χ3v) is 8.08. The van der Waals surface area contributed by atoms with Crippen LogP contribution in [-0.2, 0) is 40.4 Å². The minimum Gasteiger partial charge on any atom is -0.493 e. The van der Waals surface area contributed by atoms with E-state index in [0.717, 1.165) is 17.7 Å². The molecule has 6 atom stereocenters. The number of methoxy groups -OCH3 is 1. The number of aliphatic hydroxyl groups is 1. The van der Waals surface area contributed by atoms with Gasteiger partial charge in [-0.15, -0.1) is 0 Å². The van der Waals surface area contributed by atoms with Gasteiger partial charge in [0.2, 0.25) is 0 Å². The largest absolute Gasteiger partial charge is 0.493 e. The van der Waals surface area contributed by atoms with Gasteiger partial charge in [-0.05, 0) is 58.0 Å². The van der Waals surface area contributed by atoms with Gasteiger partial charge in [-0.25, -0.2) is 9.59 Å². The van der Waals surface area contributed by atoms with Crippen molar-refractivity contribution in [2.75, 3.05) is 20.7 Å². The molecule has 2 aliphatic heterocycles. The van der Waals surface area contributed by atoms with E-state index in [1.54, 1.807) is 13.2 Å². The zero-order valence-electron chi connectivity index (χ0n) is 21.0. The van der Waals surface area contributed by atoms with Crippen LogP contribution >= 0.6 is 0 Å². The molecule has 6 unspecified atom stereocenters. The maximum Gasteiger partial charge on any atom is 0.352 e. The van der Waals surface area contributed by atoms with E-state index in [-0.39, 0.29) is 18.2 Å². The van der Waals surface area contributed by atoms with E-state index in [1.807, 2.05) is 19.2 Å². The second kappa shape index (κ2) is 8.48. The third kappa shape index (κ3) is 3.34. The number of esters is 3. The molecule has 2 aliphatic carbocycles. The van der Waals surface area contributed by atoms with Crippen LogP contribution in [0.15, 0.2) is 24.0 Å². The number of carbonyl (C=O) groups is 3. The van der Waals surface area contributed by atoms with E-state index in [2.05, 4.69) is 4.90 Å². The summed E-state index contributed by atoms with van der Waals surface area (Å²) in [6, 6.07) is 3.76. The Morgan fingerprint density at radius 3 is 2.58 bits per heavy atom. The van der Waals surface area contributed by atoms with E-state index in [9.17, 15) is 19.5 Å². The SMILES string of the molecule is COc1ccc2c3c1OC1C(OC(=O)C(C)OC(=O)C(C)OC(C)=O)=CCC4(O)C(C2)N(C)CCC314. The summed E-state index contributed by atoms with van der Waals surface area (Å²) in [6.45, 7) is 4.67. The van der Waals surface area contributed by atoms with Crippen molar-refractivity contribution in [2.45, 2.75) is 75.4 Å². The van der Waals surface area contributed by atoms with Crippen LogP contribution in [0.2, 0.25) is 0 Å². The van der Waals surface area contributed by atoms with Crippen molar-refractivity contribution in [1.29, 1.82) is 0 Å². The van der Waals surface area contributed by atoms with E-state index in [4.69, 9.17) is 23.7 Å². The number of likely N-dealkylation sites (N-methyl/N-ethyl adjacent to an activating group) is 1. The maximum atomic E-state index is 12.9. The Balaban J connectivity index is 1.45. The summed E-state index contributed by atoms with van der Waals surface area (Å²) in [4.78, 5) is 38.4. The molecule has 36 heavy (non-hydrogen) atoms. The summed E-state index contributed by atoms with van der Waals surface area (Å²) in [5, 5.41) is 12.2. The van der Waals surface area contributed by atoms with Crippen LogP contribution in [0.5, 0.6) is 11.5 Å². The van der Waals surface area contributed by atoms with Crippen LogP contribution in [0, 0.1) is 0 Å². The van der Waals surface area contributed by atoms with Crippen LogP contribution in [0.3, 0.4) is 0 Å². The molecule has 0 radical (unpaired) electrons. The fourth-order valence-corrected chi connectivity index (χ4v) is 6.40. The number of hydrogen-bond acceptors (Lipinski definition) is 10. The van der Waals surface area contributed by atoms with Gasteiger partial charge in [0.1, 0.15) is 5.76 Å². The van der Waals surface area contributed by atoms with Crippen LogP contribution in [0.4, 0.5) is 0 Å². The van der Waals surface area contributed by atoms with Crippen molar-refractivity contribution in [3.05, 3.63) is 35.1 Å². The molecular formula is C26H31NO9. The van der Waals surface area contributed by atoms with Gasteiger partial charge in [-0.1, -0.05) is 6.07 Å². The molecule has 1 spiro atoms. The summed E-state index contributed by atoms with van der Waals surface area (Å²) < 4.78 is 27.7. The van der Waals surface area contributed by atoms with Crippen molar-refractivity contribution in [2.24, 2.45) is 0 Å². The van der Waals surface area contributed by atoms with E-state index in [1.165, 1.54) is 20.8 Å². The lowest BCUT2D eigenvalue weighted by Gasteiger charge is -2.61. The number of benzene rings is 1. The van der Waals surface area contributed by atoms with Crippen molar-refractivity contribution in [3.63, 3.8) is 0 Å². The Labute approximate surface area is 209 Å². The summed E-state index contributed by atoms with van der Waals surface area (Å²) in [7, 11) is 3.58. The summed E-state index contributed by atoms with van der Waals surface area (Å²) in [5.41, 5.74) is 0.0808. The molecule has 1 saturated heterocycles. The van der Waals surface area contributed by atoms with Crippen molar-refractivity contribution < 1.29 is 43.2 Å². The molecule has 0 amide bonds. The first-order chi connectivity index (χ1) is 17.0. The maximum absolute atomic E-state index is 12.9. The molecule has 194 valence electrons. The molecule has 10 heteroatoms. The van der Waals surface area contributed by atoms with Gasteiger partial charge in [0.15, 0.2) is 29.8 Å². The van der Waals surface area contributed by atoms with Gasteiger partial charge in [-0.2, -0.15) is 0 Å². The molecule has 1 fully saturated rings. The highest BCUT2D eigenvalue weighted by molar-refractivity contribution is 5.83. The Morgan fingerprint density at radius 1 is 1.17 bits per heavy atom. The third-order valence-electron chi connectivity index (χ3n) is 8.08. The zero-order chi connectivity index (χ0) is 26.0. The van der Waals surface area contributed by atoms with Crippen LogP contribution in [-0.4, -0.2) is 78.6 Å². The highest BCUT2D eigenvalue weighted by Gasteiger charge is 2.72. The molecule has 1 aromatic carbocycles. The highest BCUT2D eigenvalue weighted by Crippen LogP contribution is 2.65. The lowest BCUT2D eigenvalue weighted by Crippen LogP contribution is -2.74. The number of hydrogen-bond donors (Lipinski definition) is 1. The molecule has 2 bridgehead atoms. The van der Waals surface area contributed by atoms with Gasteiger partial charge in [0.25, 0.3) is 0 Å². The molecule has 0 saturated carbocycles. The van der Waals surface area contributed by atoms with Crippen molar-refractivity contribution in [1.82, 2.24) is 4.90 Å². The highest BCUT2D eigenvalue weighted by atomic mass is 16.6. The molecular weight excluding hydrogens is 470 g/mol. The first-order valence-corrected chi connectivity index (χ1v) is 12.1. The molecule has 10 nitrogen and oxygen atoms in total. The number of rotatable bonds is 6. The van der Waals surface area contributed by atoms with Gasteiger partial charge in [-0.3, -0.25) is 4.79 Å². The van der Waals surface area contributed by atoms with Gasteiger partial charge < -0.3 is 33.7 Å². The predicted molar refractivity (Wildman–Crippen MR) is 124 cm³/mol. The summed E-state index contributed by atoms with van der Waals surface area (Å²) >= 11 is 0. The summed E-state index contributed by atoms with van der Waals surface area (Å²) in [6.07, 6.45) is 0.105. The molecule has 5 rings (SSSR count). The quantitative estimate of drug-likeness (QED) is 0.452. The van der Waals surface area contributed by atoms with E-state index < -0.39 is 47.2 Å². The van der Waals surface area contributed by atoms with Gasteiger partial charge in [0, 0.05) is 24.9 Å². The Morgan fingerprint density at radius 2 is 1.89 bits per heavy atom. The lowest BCUT2D eigenvalue weighted by atomic mass is 9.50. The van der Waals surface area contributed by atoms with Gasteiger partial charge in [0.05, 0.1) is 18.1 Å².